The van der Waals surface area contributed by atoms with Crippen LogP contribution >= 0.6 is 0 Å². The van der Waals surface area contributed by atoms with Crippen molar-refractivity contribution in [2.24, 2.45) is 0 Å². The molecule has 31 heavy (non-hydrogen) atoms. The van der Waals surface area contributed by atoms with Gasteiger partial charge in [-0.05, 0) is 56.0 Å². The van der Waals surface area contributed by atoms with Crippen molar-refractivity contribution in [3.8, 4) is 0 Å². The summed E-state index contributed by atoms with van der Waals surface area (Å²) in [5.41, 5.74) is 4.06. The molecule has 2 aromatic rings. The number of sulfonamides is 1. The zero-order chi connectivity index (χ0) is 22.6. The summed E-state index contributed by atoms with van der Waals surface area (Å²) in [5.74, 6) is -0.592. The number of aryl methyl sites for hydroxylation is 2. The fourth-order valence-corrected chi connectivity index (χ4v) is 5.02. The molecule has 166 valence electrons. The number of carbonyl (C=O) groups is 2. The van der Waals surface area contributed by atoms with Crippen LogP contribution in [0.4, 0.5) is 5.69 Å². The molecule has 0 bridgehead atoms. The number of hydrogen-bond donors (Lipinski definition) is 1. The van der Waals surface area contributed by atoms with Gasteiger partial charge >= 0.3 is 5.97 Å². The largest absolute Gasteiger partial charge is 0.460 e. The van der Waals surface area contributed by atoms with Crippen molar-refractivity contribution in [1.29, 1.82) is 0 Å². The van der Waals surface area contributed by atoms with Crippen molar-refractivity contribution in [2.75, 3.05) is 23.7 Å². The van der Waals surface area contributed by atoms with Gasteiger partial charge in [0.15, 0.2) is 0 Å². The summed E-state index contributed by atoms with van der Waals surface area (Å²) in [6.45, 7) is 4.16. The van der Waals surface area contributed by atoms with Crippen LogP contribution in [0.25, 0.3) is 0 Å². The Hall–Kier alpha value is -2.87. The Morgan fingerprint density at radius 3 is 2.55 bits per heavy atom. The van der Waals surface area contributed by atoms with Gasteiger partial charge in [0.1, 0.15) is 6.61 Å². The van der Waals surface area contributed by atoms with Gasteiger partial charge in [0.25, 0.3) is 0 Å². The molecule has 1 amide bonds. The molecule has 2 aromatic carbocycles. The Balaban J connectivity index is 1.44. The number of hydrogen-bond acceptors (Lipinski definition) is 5. The maximum atomic E-state index is 12.3. The van der Waals surface area contributed by atoms with Crippen LogP contribution < -0.4 is 9.62 Å². The summed E-state index contributed by atoms with van der Waals surface area (Å²) < 4.78 is 30.6. The normalized spacial score (nSPS) is 15.5. The average Bonchev–Trinajstić information content (AvgIpc) is 3.05. The molecule has 0 saturated carbocycles. The monoisotopic (exact) mass is 444 g/mol. The van der Waals surface area contributed by atoms with Crippen LogP contribution in [-0.2, 0) is 32.4 Å². The van der Waals surface area contributed by atoms with Crippen molar-refractivity contribution in [1.82, 2.24) is 5.32 Å². The fourth-order valence-electron chi connectivity index (χ4n) is 3.75. The van der Waals surface area contributed by atoms with E-state index in [1.54, 1.807) is 18.2 Å². The van der Waals surface area contributed by atoms with Crippen molar-refractivity contribution in [2.45, 2.75) is 39.2 Å². The topological polar surface area (TPSA) is 92.8 Å². The second-order valence-electron chi connectivity index (χ2n) is 7.93. The molecule has 0 radical (unpaired) electrons. The van der Waals surface area contributed by atoms with Crippen LogP contribution in [0, 0.1) is 6.92 Å². The quantitative estimate of drug-likeness (QED) is 0.499. The Morgan fingerprint density at radius 1 is 1.16 bits per heavy atom. The molecule has 3 rings (SSSR count). The van der Waals surface area contributed by atoms with Crippen LogP contribution in [0.5, 0.6) is 0 Å². The lowest BCUT2D eigenvalue weighted by molar-refractivity contribution is -0.121. The molecular weight excluding hydrogens is 416 g/mol. The van der Waals surface area contributed by atoms with Crippen LogP contribution in [0.2, 0.25) is 0 Å². The lowest BCUT2D eigenvalue weighted by Crippen LogP contribution is -2.34. The van der Waals surface area contributed by atoms with Gasteiger partial charge in [-0.1, -0.05) is 29.8 Å². The van der Waals surface area contributed by atoms with E-state index in [-0.39, 0.29) is 25.1 Å². The number of carbonyl (C=O) groups excluding carboxylic acids is 2. The minimum atomic E-state index is -3.37. The number of ether oxygens (including phenoxy) is 1. The Morgan fingerprint density at radius 2 is 1.87 bits per heavy atom. The van der Waals surface area contributed by atoms with Gasteiger partial charge in [0, 0.05) is 12.5 Å². The maximum absolute atomic E-state index is 12.3. The van der Waals surface area contributed by atoms with E-state index in [1.165, 1.54) is 16.1 Å². The van der Waals surface area contributed by atoms with E-state index >= 15 is 0 Å². The standard InChI is InChI=1S/C23H28N2O5S/c1-16-4-6-18(7-5-16)8-11-22(26)24-12-13-30-23(27)19-9-10-21-20(15-19)14-17(2)25(21)31(3,28)29/h4-7,9-10,15,17H,8,11-14H2,1-3H3,(H,24,26). The Labute approximate surface area is 183 Å². The molecule has 8 heteroatoms. The van der Waals surface area contributed by atoms with Crippen LogP contribution in [-0.4, -0.2) is 45.7 Å². The Bertz CT molecular complexity index is 1060. The van der Waals surface area contributed by atoms with Gasteiger partial charge < -0.3 is 10.1 Å². The number of benzene rings is 2. The SMILES string of the molecule is Cc1ccc(CCC(=O)NCCOC(=O)c2ccc3c(c2)CC(C)N3S(C)(=O)=O)cc1. The van der Waals surface area contributed by atoms with Crippen LogP contribution in [0.1, 0.15) is 40.4 Å². The van der Waals surface area contributed by atoms with Gasteiger partial charge in [-0.15, -0.1) is 0 Å². The predicted octanol–water partition coefficient (Wildman–Crippen LogP) is 2.61. The third-order valence-electron chi connectivity index (χ3n) is 5.24. The van der Waals surface area contributed by atoms with Gasteiger partial charge in [0.2, 0.25) is 15.9 Å². The number of fused-ring (bicyclic) bond motifs is 1. The molecule has 7 nitrogen and oxygen atoms in total. The number of rotatable bonds is 8. The molecule has 1 N–H and O–H groups in total. The molecular formula is C23H28N2O5S. The molecule has 1 heterocycles. The maximum Gasteiger partial charge on any atom is 0.338 e. The van der Waals surface area contributed by atoms with E-state index in [1.807, 2.05) is 38.1 Å². The predicted molar refractivity (Wildman–Crippen MR) is 120 cm³/mol. The second-order valence-corrected chi connectivity index (χ2v) is 9.79. The zero-order valence-electron chi connectivity index (χ0n) is 18.1. The highest BCUT2D eigenvalue weighted by atomic mass is 32.2. The molecule has 0 aliphatic carbocycles. The zero-order valence-corrected chi connectivity index (χ0v) is 18.9. The molecule has 1 aliphatic rings. The third kappa shape index (κ3) is 5.85. The number of anilines is 1. The molecule has 1 unspecified atom stereocenters. The molecule has 1 aliphatic heterocycles. The van der Waals surface area contributed by atoms with Gasteiger partial charge in [-0.3, -0.25) is 9.10 Å². The molecule has 0 aromatic heterocycles. The first-order valence-corrected chi connectivity index (χ1v) is 12.1. The van der Waals surface area contributed by atoms with Crippen molar-refractivity contribution >= 4 is 27.6 Å². The number of nitrogens with zero attached hydrogens (tertiary/aromatic N) is 1. The van der Waals surface area contributed by atoms with E-state index in [4.69, 9.17) is 4.74 Å². The lowest BCUT2D eigenvalue weighted by Gasteiger charge is -2.21. The average molecular weight is 445 g/mol. The number of amides is 1. The highest BCUT2D eigenvalue weighted by molar-refractivity contribution is 7.92. The summed E-state index contributed by atoms with van der Waals surface area (Å²) in [5, 5.41) is 2.75. The van der Waals surface area contributed by atoms with Crippen LogP contribution in [0.3, 0.4) is 0 Å². The second kappa shape index (κ2) is 9.51. The molecule has 1 atom stereocenters. The molecule has 0 saturated heterocycles. The van der Waals surface area contributed by atoms with E-state index in [9.17, 15) is 18.0 Å². The van der Waals surface area contributed by atoms with Crippen molar-refractivity contribution in [3.63, 3.8) is 0 Å². The van der Waals surface area contributed by atoms with Gasteiger partial charge in [-0.2, -0.15) is 0 Å². The Kier molecular flexibility index (Phi) is 7.00. The first kappa shape index (κ1) is 22.8. The van der Waals surface area contributed by atoms with E-state index < -0.39 is 16.0 Å². The third-order valence-corrected chi connectivity index (χ3v) is 6.52. The highest BCUT2D eigenvalue weighted by Gasteiger charge is 2.32. The van der Waals surface area contributed by atoms with Gasteiger partial charge in [-0.25, -0.2) is 13.2 Å². The first-order valence-electron chi connectivity index (χ1n) is 10.3. The minimum Gasteiger partial charge on any atom is -0.460 e. The van der Waals surface area contributed by atoms with Crippen LogP contribution in [0.15, 0.2) is 42.5 Å². The molecule has 0 fully saturated rings. The van der Waals surface area contributed by atoms with Crippen molar-refractivity contribution < 1.29 is 22.7 Å². The summed E-state index contributed by atoms with van der Waals surface area (Å²) in [4.78, 5) is 24.3. The van der Waals surface area contributed by atoms with E-state index in [0.717, 1.165) is 11.1 Å². The summed E-state index contributed by atoms with van der Waals surface area (Å²) in [6, 6.07) is 12.8. The van der Waals surface area contributed by atoms with E-state index in [2.05, 4.69) is 5.32 Å². The molecule has 0 spiro atoms. The lowest BCUT2D eigenvalue weighted by atomic mass is 10.1. The summed E-state index contributed by atoms with van der Waals surface area (Å²) >= 11 is 0. The summed E-state index contributed by atoms with van der Waals surface area (Å²) in [6.07, 6.45) is 2.75. The summed E-state index contributed by atoms with van der Waals surface area (Å²) in [7, 11) is -3.37. The first-order chi connectivity index (χ1) is 14.6. The van der Waals surface area contributed by atoms with Gasteiger partial charge in [0.05, 0.1) is 24.1 Å². The van der Waals surface area contributed by atoms with Crippen molar-refractivity contribution in [3.05, 3.63) is 64.7 Å². The fraction of sp³-hybridized carbons (Fsp3) is 0.391. The number of nitrogens with one attached hydrogen (secondary N) is 1. The van der Waals surface area contributed by atoms with E-state index in [0.29, 0.717) is 30.5 Å². The number of esters is 1. The smallest absolute Gasteiger partial charge is 0.338 e. The highest BCUT2D eigenvalue weighted by Crippen LogP contribution is 2.34. The minimum absolute atomic E-state index is 0.0675.